The summed E-state index contributed by atoms with van der Waals surface area (Å²) in [7, 11) is 0. The Morgan fingerprint density at radius 2 is 2.25 bits per heavy atom. The zero-order chi connectivity index (χ0) is 11.5. The summed E-state index contributed by atoms with van der Waals surface area (Å²) in [4.78, 5) is 11.0. The van der Waals surface area contributed by atoms with Gasteiger partial charge in [0.05, 0.1) is 12.6 Å². The molecule has 0 spiro atoms. The minimum absolute atomic E-state index is 0.136. The number of para-hydroxylation sites is 1. The van der Waals surface area contributed by atoms with Gasteiger partial charge in [0, 0.05) is 18.9 Å². The van der Waals surface area contributed by atoms with E-state index in [2.05, 4.69) is 5.32 Å². The van der Waals surface area contributed by atoms with E-state index in [0.717, 1.165) is 5.56 Å². The molecule has 1 aromatic carbocycles. The second-order valence-corrected chi connectivity index (χ2v) is 3.93. The molecule has 86 valence electrons. The number of carbonyl (C=O) groups excluding carboxylic acids is 1. The molecule has 0 radical (unpaired) electrons. The summed E-state index contributed by atoms with van der Waals surface area (Å²) in [6.07, 6.45) is -0.0994. The first-order chi connectivity index (χ1) is 7.68. The zero-order valence-electron chi connectivity index (χ0n) is 9.14. The molecule has 0 saturated heterocycles. The molecule has 2 atom stereocenters. The minimum atomic E-state index is -0.706. The van der Waals surface area contributed by atoms with Gasteiger partial charge in [-0.3, -0.25) is 4.79 Å². The Hall–Kier alpha value is -1.55. The molecule has 1 heterocycles. The summed E-state index contributed by atoms with van der Waals surface area (Å²) in [5.74, 6) is 0.561. The number of rotatable bonds is 1. The fourth-order valence-corrected chi connectivity index (χ4v) is 1.94. The normalized spacial score (nSPS) is 23.9. The summed E-state index contributed by atoms with van der Waals surface area (Å²) < 4.78 is 5.52. The molecule has 16 heavy (non-hydrogen) atoms. The second-order valence-electron chi connectivity index (χ2n) is 3.93. The number of aliphatic hydroxyl groups excluding tert-OH is 1. The number of hydrogen-bond donors (Lipinski definition) is 2. The summed E-state index contributed by atoms with van der Waals surface area (Å²) in [6, 6.07) is 7.09. The third-order valence-corrected chi connectivity index (χ3v) is 2.69. The van der Waals surface area contributed by atoms with Gasteiger partial charge in [0.1, 0.15) is 11.9 Å². The van der Waals surface area contributed by atoms with E-state index < -0.39 is 6.10 Å². The topological polar surface area (TPSA) is 58.6 Å². The van der Waals surface area contributed by atoms with Crippen LogP contribution in [0.2, 0.25) is 0 Å². The molecule has 2 rings (SSSR count). The Morgan fingerprint density at radius 1 is 1.50 bits per heavy atom. The van der Waals surface area contributed by atoms with E-state index in [-0.39, 0.29) is 11.9 Å². The van der Waals surface area contributed by atoms with Gasteiger partial charge >= 0.3 is 0 Å². The zero-order valence-corrected chi connectivity index (χ0v) is 9.14. The van der Waals surface area contributed by atoms with Gasteiger partial charge in [0.2, 0.25) is 5.91 Å². The van der Waals surface area contributed by atoms with Crippen molar-refractivity contribution < 1.29 is 14.6 Å². The van der Waals surface area contributed by atoms with Gasteiger partial charge in [-0.25, -0.2) is 0 Å². The fourth-order valence-electron chi connectivity index (χ4n) is 1.94. The molecule has 1 aliphatic heterocycles. The molecule has 1 aliphatic rings. The molecular formula is C12H15NO3. The average Bonchev–Trinajstić information content (AvgIpc) is 2.40. The lowest BCUT2D eigenvalue weighted by Crippen LogP contribution is -2.38. The van der Waals surface area contributed by atoms with Crippen LogP contribution in [-0.2, 0) is 4.79 Å². The van der Waals surface area contributed by atoms with Gasteiger partial charge in [-0.2, -0.15) is 0 Å². The van der Waals surface area contributed by atoms with Crippen LogP contribution in [0, 0.1) is 0 Å². The first-order valence-electron chi connectivity index (χ1n) is 5.35. The van der Waals surface area contributed by atoms with Crippen LogP contribution in [0.25, 0.3) is 0 Å². The van der Waals surface area contributed by atoms with E-state index >= 15 is 0 Å². The maximum atomic E-state index is 11.0. The van der Waals surface area contributed by atoms with Crippen molar-refractivity contribution in [3.8, 4) is 5.75 Å². The molecule has 0 bridgehead atoms. The highest BCUT2D eigenvalue weighted by Crippen LogP contribution is 2.31. The van der Waals surface area contributed by atoms with E-state index in [9.17, 15) is 9.90 Å². The van der Waals surface area contributed by atoms with E-state index in [4.69, 9.17) is 4.74 Å². The highest BCUT2D eigenvalue weighted by atomic mass is 16.5. The van der Waals surface area contributed by atoms with Crippen LogP contribution in [0.5, 0.6) is 5.75 Å². The molecule has 0 aromatic heterocycles. The summed E-state index contributed by atoms with van der Waals surface area (Å²) in [5.41, 5.74) is 0.735. The molecule has 4 heteroatoms. The number of ether oxygens (including phenoxy) is 1. The second kappa shape index (κ2) is 4.53. The van der Waals surface area contributed by atoms with Crippen LogP contribution in [0.4, 0.5) is 0 Å². The first-order valence-corrected chi connectivity index (χ1v) is 5.35. The van der Waals surface area contributed by atoms with Crippen LogP contribution in [0.15, 0.2) is 24.3 Å². The highest BCUT2D eigenvalue weighted by molar-refractivity contribution is 5.73. The Morgan fingerprint density at radius 3 is 3.00 bits per heavy atom. The molecule has 0 aliphatic carbocycles. The van der Waals surface area contributed by atoms with E-state index in [1.54, 1.807) is 0 Å². The van der Waals surface area contributed by atoms with Crippen LogP contribution < -0.4 is 10.1 Å². The Bertz CT molecular complexity index is 392. The van der Waals surface area contributed by atoms with Gasteiger partial charge in [-0.05, 0) is 6.07 Å². The Balaban J connectivity index is 2.26. The third-order valence-electron chi connectivity index (χ3n) is 2.69. The predicted molar refractivity (Wildman–Crippen MR) is 59.1 cm³/mol. The predicted octanol–water partition coefficient (Wildman–Crippen LogP) is 1.01. The van der Waals surface area contributed by atoms with Crippen LogP contribution in [-0.4, -0.2) is 23.7 Å². The first kappa shape index (κ1) is 11.0. The van der Waals surface area contributed by atoms with Gasteiger partial charge in [-0.1, -0.05) is 18.2 Å². The Labute approximate surface area is 94.2 Å². The lowest BCUT2D eigenvalue weighted by molar-refractivity contribution is -0.120. The largest absolute Gasteiger partial charge is 0.493 e. The van der Waals surface area contributed by atoms with Crippen LogP contribution >= 0.6 is 0 Å². The SMILES string of the molecule is CC(=O)N[C@@H]1CCOc2ccccc2C1O. The number of aliphatic hydroxyl groups is 1. The van der Waals surface area contributed by atoms with Crippen LogP contribution in [0.1, 0.15) is 25.0 Å². The standard InChI is InChI=1S/C12H15NO3/c1-8(14)13-10-6-7-16-11-5-3-2-4-9(11)12(10)15/h2-5,10,12,15H,6-7H2,1H3,(H,13,14)/t10-,12?/m1/s1. The number of benzene rings is 1. The number of nitrogens with one attached hydrogen (secondary N) is 1. The molecule has 0 saturated carbocycles. The number of fused-ring (bicyclic) bond motifs is 1. The van der Waals surface area contributed by atoms with Crippen molar-refractivity contribution in [2.24, 2.45) is 0 Å². The molecule has 1 amide bonds. The van der Waals surface area contributed by atoms with Gasteiger partial charge in [0.25, 0.3) is 0 Å². The van der Waals surface area contributed by atoms with E-state index in [1.807, 2.05) is 24.3 Å². The number of amides is 1. The van der Waals surface area contributed by atoms with Gasteiger partial charge < -0.3 is 15.2 Å². The molecule has 0 fully saturated rings. The van der Waals surface area contributed by atoms with Crippen molar-refractivity contribution in [2.45, 2.75) is 25.5 Å². The van der Waals surface area contributed by atoms with Crippen molar-refractivity contribution in [3.05, 3.63) is 29.8 Å². The maximum Gasteiger partial charge on any atom is 0.217 e. The third kappa shape index (κ3) is 2.17. The van der Waals surface area contributed by atoms with Crippen molar-refractivity contribution in [1.29, 1.82) is 0 Å². The molecule has 1 aromatic rings. The monoisotopic (exact) mass is 221 g/mol. The quantitative estimate of drug-likeness (QED) is 0.744. The van der Waals surface area contributed by atoms with Gasteiger partial charge in [-0.15, -0.1) is 0 Å². The number of hydrogen-bond acceptors (Lipinski definition) is 3. The molecule has 2 N–H and O–H groups in total. The maximum absolute atomic E-state index is 11.0. The van der Waals surface area contributed by atoms with Crippen molar-refractivity contribution in [3.63, 3.8) is 0 Å². The lowest BCUT2D eigenvalue weighted by Gasteiger charge is -2.20. The summed E-state index contributed by atoms with van der Waals surface area (Å²) in [5, 5.41) is 12.9. The van der Waals surface area contributed by atoms with Crippen molar-refractivity contribution >= 4 is 5.91 Å². The molecular weight excluding hydrogens is 206 g/mol. The highest BCUT2D eigenvalue weighted by Gasteiger charge is 2.27. The van der Waals surface area contributed by atoms with E-state index in [1.165, 1.54) is 6.92 Å². The minimum Gasteiger partial charge on any atom is -0.493 e. The smallest absolute Gasteiger partial charge is 0.217 e. The Kier molecular flexibility index (Phi) is 3.10. The van der Waals surface area contributed by atoms with Gasteiger partial charge in [0.15, 0.2) is 0 Å². The van der Waals surface area contributed by atoms with Crippen LogP contribution in [0.3, 0.4) is 0 Å². The van der Waals surface area contributed by atoms with Crippen molar-refractivity contribution in [1.82, 2.24) is 5.32 Å². The summed E-state index contributed by atoms with van der Waals surface area (Å²) >= 11 is 0. The average molecular weight is 221 g/mol. The number of carbonyl (C=O) groups is 1. The van der Waals surface area contributed by atoms with Crippen molar-refractivity contribution in [2.75, 3.05) is 6.61 Å². The molecule has 4 nitrogen and oxygen atoms in total. The van der Waals surface area contributed by atoms with E-state index in [0.29, 0.717) is 18.8 Å². The fraction of sp³-hybridized carbons (Fsp3) is 0.417. The summed E-state index contributed by atoms with van der Waals surface area (Å²) in [6.45, 7) is 1.95. The lowest BCUT2D eigenvalue weighted by atomic mass is 10.0. The molecule has 1 unspecified atom stereocenters.